The summed E-state index contributed by atoms with van der Waals surface area (Å²) in [6.45, 7) is 19.4. The van der Waals surface area contributed by atoms with Crippen LogP contribution < -0.4 is 0 Å². The van der Waals surface area contributed by atoms with Crippen molar-refractivity contribution in [3.8, 4) is 0 Å². The minimum atomic E-state index is -0.240. The second-order valence-electron chi connectivity index (χ2n) is 16.4. The molecule has 0 radical (unpaired) electrons. The Bertz CT molecular complexity index is 726. The minimum Gasteiger partial charge on any atom is -0.379 e. The van der Waals surface area contributed by atoms with Gasteiger partial charge in [0.05, 0.1) is 30.5 Å². The zero-order chi connectivity index (χ0) is 37.7. The molecule has 0 aromatic heterocycles. The van der Waals surface area contributed by atoms with Crippen molar-refractivity contribution in [3.05, 3.63) is 0 Å². The molecule has 0 spiro atoms. The number of nitrogens with zero attached hydrogens (tertiary/aromatic N) is 1. The van der Waals surface area contributed by atoms with Crippen molar-refractivity contribution in [1.82, 2.24) is 0 Å². The summed E-state index contributed by atoms with van der Waals surface area (Å²) in [5.41, 5.74) is 0.841. The van der Waals surface area contributed by atoms with Crippen LogP contribution in [0.1, 0.15) is 235 Å². The van der Waals surface area contributed by atoms with Gasteiger partial charge in [0.1, 0.15) is 0 Å². The summed E-state index contributed by atoms with van der Waals surface area (Å²) in [6.07, 6.45) is 37.7. The van der Waals surface area contributed by atoms with Crippen molar-refractivity contribution in [2.75, 3.05) is 40.1 Å². The van der Waals surface area contributed by atoms with Gasteiger partial charge < -0.3 is 18.9 Å². The van der Waals surface area contributed by atoms with E-state index < -0.39 is 0 Å². The van der Waals surface area contributed by atoms with Gasteiger partial charge >= 0.3 is 0 Å². The van der Waals surface area contributed by atoms with Crippen LogP contribution in [0.3, 0.4) is 0 Å². The van der Waals surface area contributed by atoms with Crippen molar-refractivity contribution >= 4 is 5.71 Å². The summed E-state index contributed by atoms with van der Waals surface area (Å²) in [4.78, 5) is 4.96. The minimum absolute atomic E-state index is 0.0729. The van der Waals surface area contributed by atoms with E-state index in [1.807, 2.05) is 7.11 Å². The Morgan fingerprint density at radius 3 is 1.43 bits per heavy atom. The molecule has 0 saturated heterocycles. The summed E-state index contributed by atoms with van der Waals surface area (Å²) < 4.78 is 24.8. The molecular formula is C46H93NO4. The molecule has 0 saturated carbocycles. The highest BCUT2D eigenvalue weighted by molar-refractivity contribution is 5.82. The van der Waals surface area contributed by atoms with Gasteiger partial charge in [0.2, 0.25) is 0 Å². The third kappa shape index (κ3) is 32.6. The maximum Gasteiger partial charge on any atom is 0.0826 e. The van der Waals surface area contributed by atoms with Gasteiger partial charge in [0.15, 0.2) is 0 Å². The van der Waals surface area contributed by atoms with E-state index in [2.05, 4.69) is 48.5 Å². The zero-order valence-electron chi connectivity index (χ0n) is 36.2. The highest BCUT2D eigenvalue weighted by Gasteiger charge is 2.27. The largest absolute Gasteiger partial charge is 0.379 e. The van der Waals surface area contributed by atoms with Crippen LogP contribution >= 0.6 is 0 Å². The van der Waals surface area contributed by atoms with Crippen LogP contribution in [0.2, 0.25) is 0 Å². The standard InChI is InChI=1S/C46H93NO4/c1-9-13-15-17-19-21-23-25-27-29-31-33-38-49-42-44(50-39-34-32-30-28-26-24-22-20-18-16-14-10-2)35-37-47-43(5)41-45(6,7)51-40-36-46(11-3,12-4)48-8/h44H,9-42H2,1-8H3. The first kappa shape index (κ1) is 50.5. The van der Waals surface area contributed by atoms with Gasteiger partial charge in [-0.1, -0.05) is 169 Å². The van der Waals surface area contributed by atoms with E-state index in [9.17, 15) is 0 Å². The van der Waals surface area contributed by atoms with Crippen LogP contribution in [-0.2, 0) is 18.9 Å². The van der Waals surface area contributed by atoms with Gasteiger partial charge in [-0.25, -0.2) is 0 Å². The molecule has 1 unspecified atom stereocenters. The molecular weight excluding hydrogens is 631 g/mol. The molecule has 0 aliphatic rings. The van der Waals surface area contributed by atoms with Crippen molar-refractivity contribution in [3.63, 3.8) is 0 Å². The van der Waals surface area contributed by atoms with Crippen LogP contribution in [-0.4, -0.2) is 63.1 Å². The molecule has 0 bridgehead atoms. The molecule has 306 valence electrons. The molecule has 0 aromatic rings. The van der Waals surface area contributed by atoms with E-state index in [-0.39, 0.29) is 17.3 Å². The first-order chi connectivity index (χ1) is 24.8. The van der Waals surface area contributed by atoms with Gasteiger partial charge in [-0.15, -0.1) is 0 Å². The van der Waals surface area contributed by atoms with Crippen molar-refractivity contribution < 1.29 is 18.9 Å². The number of hydrogen-bond donors (Lipinski definition) is 0. The number of unbranched alkanes of at least 4 members (excludes halogenated alkanes) is 22. The average molecular weight is 724 g/mol. The van der Waals surface area contributed by atoms with E-state index in [0.29, 0.717) is 13.2 Å². The predicted molar refractivity (Wildman–Crippen MR) is 225 cm³/mol. The van der Waals surface area contributed by atoms with E-state index in [1.165, 1.54) is 141 Å². The van der Waals surface area contributed by atoms with Crippen molar-refractivity contribution in [2.45, 2.75) is 252 Å². The van der Waals surface area contributed by atoms with Crippen molar-refractivity contribution in [2.24, 2.45) is 4.99 Å². The van der Waals surface area contributed by atoms with Gasteiger partial charge in [-0.05, 0) is 59.3 Å². The quantitative estimate of drug-likeness (QED) is 0.0465. The Morgan fingerprint density at radius 1 is 0.569 bits per heavy atom. The summed E-state index contributed by atoms with van der Waals surface area (Å²) in [5.74, 6) is 0. The van der Waals surface area contributed by atoms with Gasteiger partial charge in [-0.2, -0.15) is 0 Å². The molecule has 51 heavy (non-hydrogen) atoms. The van der Waals surface area contributed by atoms with Gasteiger partial charge in [-0.3, -0.25) is 4.99 Å². The molecule has 0 aromatic carbocycles. The molecule has 5 heteroatoms. The first-order valence-electron chi connectivity index (χ1n) is 22.7. The lowest BCUT2D eigenvalue weighted by atomic mass is 9.93. The SMILES string of the molecule is CCCCCCCCCCCCCCOCC(CCN=C(C)CC(C)(C)OCCC(CC)(CC)OC)OCCCCCCCCCCCCCC. The third-order valence-corrected chi connectivity index (χ3v) is 11.1. The molecule has 0 heterocycles. The molecule has 0 aliphatic heterocycles. The number of methoxy groups -OCH3 is 1. The zero-order valence-corrected chi connectivity index (χ0v) is 36.2. The molecule has 1 atom stereocenters. The summed E-state index contributed by atoms with van der Waals surface area (Å²) in [7, 11) is 1.83. The number of ether oxygens (including phenoxy) is 4. The molecule has 5 nitrogen and oxygen atoms in total. The van der Waals surface area contributed by atoms with E-state index in [1.54, 1.807) is 0 Å². The van der Waals surface area contributed by atoms with Crippen LogP contribution in [0.15, 0.2) is 4.99 Å². The van der Waals surface area contributed by atoms with Crippen LogP contribution in [0.5, 0.6) is 0 Å². The van der Waals surface area contributed by atoms with Crippen LogP contribution in [0.25, 0.3) is 0 Å². The lowest BCUT2D eigenvalue weighted by Gasteiger charge is -2.32. The lowest BCUT2D eigenvalue weighted by Crippen LogP contribution is -2.34. The fourth-order valence-corrected chi connectivity index (χ4v) is 7.30. The summed E-state index contributed by atoms with van der Waals surface area (Å²) in [6, 6.07) is 0. The topological polar surface area (TPSA) is 49.3 Å². The maximum absolute atomic E-state index is 6.42. The third-order valence-electron chi connectivity index (χ3n) is 11.1. The van der Waals surface area contributed by atoms with E-state index in [0.717, 1.165) is 70.4 Å². The molecule has 0 fully saturated rings. The summed E-state index contributed by atoms with van der Waals surface area (Å²) >= 11 is 0. The Labute approximate surface area is 321 Å². The van der Waals surface area contributed by atoms with Gasteiger partial charge in [0, 0.05) is 39.0 Å². The molecule has 0 amide bonds. The Hall–Kier alpha value is -0.490. The summed E-state index contributed by atoms with van der Waals surface area (Å²) in [5, 5.41) is 0. The smallest absolute Gasteiger partial charge is 0.0826 e. The van der Waals surface area contributed by atoms with E-state index >= 15 is 0 Å². The Kier molecular flexibility index (Phi) is 36.1. The lowest BCUT2D eigenvalue weighted by molar-refractivity contribution is -0.0729. The first-order valence-corrected chi connectivity index (χ1v) is 22.7. The van der Waals surface area contributed by atoms with Crippen LogP contribution in [0.4, 0.5) is 0 Å². The van der Waals surface area contributed by atoms with Crippen LogP contribution in [0, 0.1) is 0 Å². The highest BCUT2D eigenvalue weighted by atomic mass is 16.5. The highest BCUT2D eigenvalue weighted by Crippen LogP contribution is 2.26. The Morgan fingerprint density at radius 2 is 1.00 bits per heavy atom. The second kappa shape index (κ2) is 36.5. The monoisotopic (exact) mass is 724 g/mol. The fraction of sp³-hybridized carbons (Fsp3) is 0.978. The number of rotatable bonds is 41. The Balaban J connectivity index is 4.47. The molecule has 0 aliphatic carbocycles. The fourth-order valence-electron chi connectivity index (χ4n) is 7.30. The van der Waals surface area contributed by atoms with Gasteiger partial charge in [0.25, 0.3) is 0 Å². The van der Waals surface area contributed by atoms with E-state index in [4.69, 9.17) is 23.9 Å². The number of aliphatic imine (C=N–C) groups is 1. The predicted octanol–water partition coefficient (Wildman–Crippen LogP) is 14.4. The normalized spacial score (nSPS) is 13.4. The maximum atomic E-state index is 6.42. The second-order valence-corrected chi connectivity index (χ2v) is 16.4. The number of hydrogen-bond acceptors (Lipinski definition) is 5. The molecule has 0 N–H and O–H groups in total. The van der Waals surface area contributed by atoms with Crippen molar-refractivity contribution in [1.29, 1.82) is 0 Å². The molecule has 0 rings (SSSR count). The average Bonchev–Trinajstić information content (AvgIpc) is 3.11.